The summed E-state index contributed by atoms with van der Waals surface area (Å²) in [7, 11) is 0. The minimum absolute atomic E-state index is 0.0978. The Morgan fingerprint density at radius 2 is 2.18 bits per heavy atom. The number of nitrogens with one attached hydrogen (secondary N) is 2. The van der Waals surface area contributed by atoms with Gasteiger partial charge in [0, 0.05) is 48.2 Å². The van der Waals surface area contributed by atoms with Gasteiger partial charge in [0.25, 0.3) is 5.91 Å². The van der Waals surface area contributed by atoms with Gasteiger partial charge in [-0.25, -0.2) is 4.39 Å². The molecule has 1 saturated heterocycles. The van der Waals surface area contributed by atoms with Gasteiger partial charge in [-0.15, -0.1) is 0 Å². The van der Waals surface area contributed by atoms with E-state index >= 15 is 0 Å². The number of allylic oxidation sites excluding steroid dienone is 4. The summed E-state index contributed by atoms with van der Waals surface area (Å²) >= 11 is 0. The van der Waals surface area contributed by atoms with Gasteiger partial charge < -0.3 is 15.0 Å². The molecule has 1 atom stereocenters. The second-order valence-corrected chi connectivity index (χ2v) is 8.76. The third-order valence-electron chi connectivity index (χ3n) is 6.22. The summed E-state index contributed by atoms with van der Waals surface area (Å²) in [5, 5.41) is 3.76. The van der Waals surface area contributed by atoms with Crippen LogP contribution in [0.3, 0.4) is 0 Å². The van der Waals surface area contributed by atoms with Gasteiger partial charge in [0.2, 0.25) is 0 Å². The van der Waals surface area contributed by atoms with Gasteiger partial charge in [-0.1, -0.05) is 24.8 Å². The summed E-state index contributed by atoms with van der Waals surface area (Å²) in [5.74, 6) is -0.647. The molecule has 1 unspecified atom stereocenters. The molecule has 2 N–H and O–H groups in total. The lowest BCUT2D eigenvalue weighted by Gasteiger charge is -2.10. The minimum atomic E-state index is -0.353. The van der Waals surface area contributed by atoms with Crippen LogP contribution in [-0.4, -0.2) is 28.6 Å². The van der Waals surface area contributed by atoms with E-state index in [2.05, 4.69) is 34.9 Å². The van der Waals surface area contributed by atoms with Crippen molar-refractivity contribution >= 4 is 16.8 Å². The van der Waals surface area contributed by atoms with E-state index < -0.39 is 0 Å². The molecule has 3 aromatic rings. The summed E-state index contributed by atoms with van der Waals surface area (Å²) in [6.07, 6.45) is 14.0. The van der Waals surface area contributed by atoms with Crippen molar-refractivity contribution < 1.29 is 13.9 Å². The number of hydrogen-bond acceptors (Lipinski definition) is 3. The summed E-state index contributed by atoms with van der Waals surface area (Å²) in [6.45, 7) is 8.88. The molecule has 4 rings (SSSR count). The number of carbonyl (C=O) groups is 1. The largest absolute Gasteiger partial charge is 0.374 e. The number of ether oxygens (including phenoxy) is 1. The van der Waals surface area contributed by atoms with Crippen molar-refractivity contribution in [2.45, 2.75) is 45.8 Å². The van der Waals surface area contributed by atoms with Gasteiger partial charge in [-0.05, 0) is 73.6 Å². The Morgan fingerprint density at radius 1 is 1.32 bits per heavy atom. The van der Waals surface area contributed by atoms with Crippen LogP contribution < -0.4 is 5.32 Å². The summed E-state index contributed by atoms with van der Waals surface area (Å²) < 4.78 is 20.2. The maximum atomic E-state index is 14.4. The van der Waals surface area contributed by atoms with E-state index in [0.29, 0.717) is 17.5 Å². The van der Waals surface area contributed by atoms with Crippen LogP contribution >= 0.6 is 0 Å². The standard InChI is InChI=1S/C28H30FN3O2/c1-4-20(8-7-18(2)27-6-5-9-34-27)10-21-11-23(16-30-15-21)28(33)32-17-22-12-24-19(3)14-31-26(24)13-25(22)29/h4,7-8,11-16,27,31H,1,5-6,9-10,17H2,2-3H3,(H,32,33)/b18-7+,20-8+. The Bertz CT molecular complexity index is 1270. The topological polar surface area (TPSA) is 67.0 Å². The number of aryl methyl sites for hydroxylation is 1. The molecule has 1 aromatic carbocycles. The number of amides is 1. The van der Waals surface area contributed by atoms with Gasteiger partial charge in [-0.2, -0.15) is 0 Å². The highest BCUT2D eigenvalue weighted by molar-refractivity contribution is 5.94. The van der Waals surface area contributed by atoms with Crippen molar-refractivity contribution in [1.29, 1.82) is 0 Å². The van der Waals surface area contributed by atoms with Gasteiger partial charge in [0.15, 0.2) is 0 Å². The van der Waals surface area contributed by atoms with Crippen LogP contribution in [0, 0.1) is 12.7 Å². The van der Waals surface area contributed by atoms with Crippen LogP contribution in [0.15, 0.2) is 72.7 Å². The van der Waals surface area contributed by atoms with Crippen LogP contribution in [0.5, 0.6) is 0 Å². The fourth-order valence-corrected chi connectivity index (χ4v) is 4.17. The number of fused-ring (bicyclic) bond motifs is 1. The molecule has 1 aliphatic rings. The molecule has 0 saturated carbocycles. The third-order valence-corrected chi connectivity index (χ3v) is 6.22. The van der Waals surface area contributed by atoms with E-state index in [1.165, 1.54) is 17.8 Å². The zero-order valence-electron chi connectivity index (χ0n) is 19.7. The number of carbonyl (C=O) groups excluding carboxylic acids is 1. The molecule has 0 radical (unpaired) electrons. The molecule has 1 fully saturated rings. The molecule has 34 heavy (non-hydrogen) atoms. The fraction of sp³-hybridized carbons (Fsp3) is 0.286. The average molecular weight is 460 g/mol. The monoisotopic (exact) mass is 459 g/mol. The summed E-state index contributed by atoms with van der Waals surface area (Å²) in [4.78, 5) is 20.0. The lowest BCUT2D eigenvalue weighted by atomic mass is 10.0. The first kappa shape index (κ1) is 23.6. The number of pyridine rings is 1. The van der Waals surface area contributed by atoms with E-state index in [1.54, 1.807) is 12.3 Å². The molecule has 0 bridgehead atoms. The van der Waals surface area contributed by atoms with Crippen molar-refractivity contribution in [1.82, 2.24) is 15.3 Å². The number of hydrogen-bond donors (Lipinski definition) is 2. The fourth-order valence-electron chi connectivity index (χ4n) is 4.17. The second kappa shape index (κ2) is 10.6. The predicted octanol–water partition coefficient (Wildman–Crippen LogP) is 5.72. The van der Waals surface area contributed by atoms with E-state index in [1.807, 2.05) is 31.3 Å². The SMILES string of the molecule is C=C/C(=C\C=C(/C)C1CCCO1)Cc1cncc(C(=O)NCc2cc3c(C)c[nH]c3cc2F)c1. The Kier molecular flexibility index (Phi) is 7.38. The van der Waals surface area contributed by atoms with Crippen LogP contribution in [0.2, 0.25) is 0 Å². The number of H-pyrrole nitrogens is 1. The first-order valence-corrected chi connectivity index (χ1v) is 11.5. The molecule has 1 amide bonds. The normalized spacial score (nSPS) is 16.7. The number of aromatic amines is 1. The highest BCUT2D eigenvalue weighted by Crippen LogP contribution is 2.22. The highest BCUT2D eigenvalue weighted by atomic mass is 19.1. The van der Waals surface area contributed by atoms with Gasteiger partial charge in [0.05, 0.1) is 11.7 Å². The van der Waals surface area contributed by atoms with E-state index in [4.69, 9.17) is 4.74 Å². The van der Waals surface area contributed by atoms with Gasteiger partial charge in [-0.3, -0.25) is 9.78 Å². The molecule has 0 spiro atoms. The lowest BCUT2D eigenvalue weighted by molar-refractivity contribution is 0.0950. The maximum Gasteiger partial charge on any atom is 0.253 e. The van der Waals surface area contributed by atoms with Gasteiger partial charge >= 0.3 is 0 Å². The Hall–Kier alpha value is -3.51. The Balaban J connectivity index is 1.42. The minimum Gasteiger partial charge on any atom is -0.374 e. The van der Waals surface area contributed by atoms with Crippen LogP contribution in [0.4, 0.5) is 4.39 Å². The van der Waals surface area contributed by atoms with Crippen molar-refractivity contribution in [2.75, 3.05) is 6.61 Å². The molecular formula is C28H30FN3O2. The molecule has 3 heterocycles. The van der Waals surface area contributed by atoms with Crippen LogP contribution in [-0.2, 0) is 17.7 Å². The first-order chi connectivity index (χ1) is 16.4. The molecule has 2 aromatic heterocycles. The van der Waals surface area contributed by atoms with Crippen molar-refractivity contribution in [2.24, 2.45) is 0 Å². The Labute approximate surface area is 199 Å². The van der Waals surface area contributed by atoms with Crippen LogP contribution in [0.1, 0.15) is 46.8 Å². The smallest absolute Gasteiger partial charge is 0.253 e. The number of nitrogens with zero attached hydrogens (tertiary/aromatic N) is 1. The van der Waals surface area contributed by atoms with Crippen molar-refractivity contribution in [3.05, 3.63) is 101 Å². The number of rotatable bonds is 8. The van der Waals surface area contributed by atoms with E-state index in [0.717, 1.165) is 47.1 Å². The summed E-state index contributed by atoms with van der Waals surface area (Å²) in [6, 6.07) is 5.05. The quantitative estimate of drug-likeness (QED) is 0.423. The average Bonchev–Trinajstić information content (AvgIpc) is 3.50. The number of halogens is 1. The molecule has 1 aliphatic heterocycles. The predicted molar refractivity (Wildman–Crippen MR) is 133 cm³/mol. The first-order valence-electron chi connectivity index (χ1n) is 11.5. The highest BCUT2D eigenvalue weighted by Gasteiger charge is 2.16. The zero-order chi connectivity index (χ0) is 24.1. The molecule has 176 valence electrons. The molecule has 5 nitrogen and oxygen atoms in total. The number of aromatic nitrogens is 2. The summed E-state index contributed by atoms with van der Waals surface area (Å²) in [5.41, 5.74) is 5.78. The lowest BCUT2D eigenvalue weighted by Crippen LogP contribution is -2.23. The van der Waals surface area contributed by atoms with Crippen molar-refractivity contribution in [3.63, 3.8) is 0 Å². The Morgan fingerprint density at radius 3 is 2.94 bits per heavy atom. The zero-order valence-corrected chi connectivity index (χ0v) is 19.7. The second-order valence-electron chi connectivity index (χ2n) is 8.76. The molecular weight excluding hydrogens is 429 g/mol. The number of benzene rings is 1. The van der Waals surface area contributed by atoms with E-state index in [-0.39, 0.29) is 24.4 Å². The van der Waals surface area contributed by atoms with Crippen molar-refractivity contribution in [3.8, 4) is 0 Å². The van der Waals surface area contributed by atoms with Crippen LogP contribution in [0.25, 0.3) is 10.9 Å². The van der Waals surface area contributed by atoms with Gasteiger partial charge in [0.1, 0.15) is 5.82 Å². The third kappa shape index (κ3) is 5.51. The van der Waals surface area contributed by atoms with E-state index in [9.17, 15) is 9.18 Å². The molecule has 6 heteroatoms. The maximum absolute atomic E-state index is 14.4. The molecule has 0 aliphatic carbocycles.